The molecule has 21 heavy (non-hydrogen) atoms. The van der Waals surface area contributed by atoms with E-state index < -0.39 is 35.8 Å². The fourth-order valence-electron chi connectivity index (χ4n) is 2.25. The zero-order valence-corrected chi connectivity index (χ0v) is 10.7. The van der Waals surface area contributed by atoms with Crippen LogP contribution < -0.4 is 5.32 Å². The molecule has 3 N–H and O–H groups in total. The minimum atomic E-state index is -1.47. The van der Waals surface area contributed by atoms with Gasteiger partial charge >= 0.3 is 0 Å². The summed E-state index contributed by atoms with van der Waals surface area (Å²) >= 11 is 0. The molecule has 108 valence electrons. The Morgan fingerprint density at radius 2 is 2.05 bits per heavy atom. The molecule has 7 nitrogen and oxygen atoms in total. The van der Waals surface area contributed by atoms with Gasteiger partial charge in [0.1, 0.15) is 5.75 Å². The summed E-state index contributed by atoms with van der Waals surface area (Å²) in [5.41, 5.74) is -1.70. The molecule has 1 aliphatic heterocycles. The summed E-state index contributed by atoms with van der Waals surface area (Å²) in [7, 11) is 0. The highest BCUT2D eigenvalue weighted by atomic mass is 16.6. The number of aliphatic hydroxyl groups excluding tert-OH is 1. The number of carbonyl (C=O) groups is 3. The predicted octanol–water partition coefficient (Wildman–Crippen LogP) is -0.712. The van der Waals surface area contributed by atoms with Crippen LogP contribution in [0.4, 0.5) is 0 Å². The lowest BCUT2D eigenvalue weighted by Crippen LogP contribution is -2.41. The summed E-state index contributed by atoms with van der Waals surface area (Å²) in [6.45, 7) is -0.584. The van der Waals surface area contributed by atoms with Crippen molar-refractivity contribution in [3.63, 3.8) is 0 Å². The maximum Gasteiger partial charge on any atom is 0.259 e. The molecule has 7 heteroatoms. The van der Waals surface area contributed by atoms with Gasteiger partial charge in [-0.3, -0.25) is 14.4 Å². The SMILES string of the molecule is O=C(NC1=CC(=O)[C@@]2(CO)O[C@@H]2C1=O)c1ccccc1O. The van der Waals surface area contributed by atoms with E-state index in [1.54, 1.807) is 12.1 Å². The van der Waals surface area contributed by atoms with Crippen molar-refractivity contribution >= 4 is 17.5 Å². The number of phenolic OH excluding ortho intramolecular Hbond substituents is 1. The number of ether oxygens (including phenoxy) is 1. The minimum Gasteiger partial charge on any atom is -0.507 e. The molecule has 0 unspecified atom stereocenters. The Balaban J connectivity index is 1.83. The number of benzene rings is 1. The topological polar surface area (TPSA) is 116 Å². The van der Waals surface area contributed by atoms with E-state index in [0.717, 1.165) is 6.08 Å². The summed E-state index contributed by atoms with van der Waals surface area (Å²) in [6, 6.07) is 5.82. The lowest BCUT2D eigenvalue weighted by atomic mass is 9.90. The average Bonchev–Trinajstić information content (AvgIpc) is 3.22. The number of amides is 1. The molecule has 1 fully saturated rings. The molecule has 1 amide bonds. The quantitative estimate of drug-likeness (QED) is 0.633. The predicted molar refractivity (Wildman–Crippen MR) is 68.4 cm³/mol. The Kier molecular flexibility index (Phi) is 2.89. The molecule has 0 radical (unpaired) electrons. The second kappa shape index (κ2) is 4.51. The number of nitrogens with one attached hydrogen (secondary N) is 1. The summed E-state index contributed by atoms with van der Waals surface area (Å²) in [4.78, 5) is 35.8. The number of aliphatic hydroxyl groups is 1. The van der Waals surface area contributed by atoms with Gasteiger partial charge in [0.05, 0.1) is 17.9 Å². The van der Waals surface area contributed by atoms with Crippen LogP contribution in [-0.2, 0) is 14.3 Å². The Morgan fingerprint density at radius 1 is 1.33 bits per heavy atom. The molecule has 2 aliphatic rings. The largest absolute Gasteiger partial charge is 0.507 e. The van der Waals surface area contributed by atoms with Crippen LogP contribution in [0.25, 0.3) is 0 Å². The first-order chi connectivity index (χ1) is 9.99. The number of phenols is 1. The fourth-order valence-corrected chi connectivity index (χ4v) is 2.25. The number of ketones is 2. The van der Waals surface area contributed by atoms with E-state index in [-0.39, 0.29) is 17.0 Å². The number of hydrogen-bond acceptors (Lipinski definition) is 6. The van der Waals surface area contributed by atoms with Crippen molar-refractivity contribution in [1.82, 2.24) is 5.32 Å². The lowest BCUT2D eigenvalue weighted by Gasteiger charge is -2.14. The number of Topliss-reactive ketones (excluding diaryl/α,β-unsaturated/α-hetero) is 1. The third-order valence-electron chi connectivity index (χ3n) is 3.52. The monoisotopic (exact) mass is 289 g/mol. The molecular weight excluding hydrogens is 278 g/mol. The summed E-state index contributed by atoms with van der Waals surface area (Å²) < 4.78 is 4.98. The van der Waals surface area contributed by atoms with Crippen molar-refractivity contribution in [2.45, 2.75) is 11.7 Å². The normalized spacial score (nSPS) is 26.9. The van der Waals surface area contributed by atoms with Crippen LogP contribution in [0.2, 0.25) is 0 Å². The van der Waals surface area contributed by atoms with Gasteiger partial charge in [0.25, 0.3) is 5.91 Å². The van der Waals surface area contributed by atoms with Gasteiger partial charge in [0, 0.05) is 6.08 Å². The van der Waals surface area contributed by atoms with Crippen LogP contribution in [0, 0.1) is 0 Å². The second-order valence-corrected chi connectivity index (χ2v) is 4.80. The van der Waals surface area contributed by atoms with Gasteiger partial charge in [0.2, 0.25) is 5.78 Å². The van der Waals surface area contributed by atoms with Gasteiger partial charge in [-0.05, 0) is 12.1 Å². The molecule has 0 aromatic heterocycles. The molecule has 0 spiro atoms. The van der Waals surface area contributed by atoms with Crippen molar-refractivity contribution in [2.75, 3.05) is 6.61 Å². The van der Waals surface area contributed by atoms with Gasteiger partial charge in [0.15, 0.2) is 17.5 Å². The third-order valence-corrected chi connectivity index (χ3v) is 3.52. The summed E-state index contributed by atoms with van der Waals surface area (Å²) in [6.07, 6.45) is -0.111. The molecule has 1 aromatic rings. The number of rotatable bonds is 3. The molecule has 1 aromatic carbocycles. The Labute approximate surface area is 118 Å². The highest BCUT2D eigenvalue weighted by Crippen LogP contribution is 2.42. The maximum absolute atomic E-state index is 12.0. The molecule has 0 saturated carbocycles. The Morgan fingerprint density at radius 3 is 2.71 bits per heavy atom. The van der Waals surface area contributed by atoms with Crippen LogP contribution >= 0.6 is 0 Å². The van der Waals surface area contributed by atoms with Crippen molar-refractivity contribution in [2.24, 2.45) is 0 Å². The molecule has 1 heterocycles. The van der Waals surface area contributed by atoms with Gasteiger partial charge < -0.3 is 20.3 Å². The Bertz CT molecular complexity index is 694. The number of hydrogen-bond donors (Lipinski definition) is 3. The van der Waals surface area contributed by atoms with Crippen LogP contribution in [0.3, 0.4) is 0 Å². The van der Waals surface area contributed by atoms with Gasteiger partial charge in [-0.25, -0.2) is 0 Å². The van der Waals surface area contributed by atoms with Gasteiger partial charge in [-0.1, -0.05) is 12.1 Å². The second-order valence-electron chi connectivity index (χ2n) is 4.80. The molecule has 1 aliphatic carbocycles. The fraction of sp³-hybridized carbons (Fsp3) is 0.214. The number of carbonyl (C=O) groups excluding carboxylic acids is 3. The number of fused-ring (bicyclic) bond motifs is 1. The van der Waals surface area contributed by atoms with Crippen LogP contribution in [0.15, 0.2) is 36.0 Å². The minimum absolute atomic E-state index is 0.0191. The van der Waals surface area contributed by atoms with Gasteiger partial charge in [-0.15, -0.1) is 0 Å². The first-order valence-electron chi connectivity index (χ1n) is 6.18. The maximum atomic E-state index is 12.0. The lowest BCUT2D eigenvalue weighted by molar-refractivity contribution is -0.123. The molecular formula is C14H11NO6. The van der Waals surface area contributed by atoms with Crippen molar-refractivity contribution < 1.29 is 29.3 Å². The molecule has 0 bridgehead atoms. The zero-order valence-electron chi connectivity index (χ0n) is 10.7. The van der Waals surface area contributed by atoms with E-state index in [2.05, 4.69) is 5.32 Å². The van der Waals surface area contributed by atoms with Crippen LogP contribution in [0.1, 0.15) is 10.4 Å². The molecule has 2 atom stereocenters. The van der Waals surface area contributed by atoms with E-state index in [0.29, 0.717) is 0 Å². The zero-order chi connectivity index (χ0) is 15.2. The van der Waals surface area contributed by atoms with E-state index in [1.807, 2.05) is 0 Å². The molecule has 1 saturated heterocycles. The van der Waals surface area contributed by atoms with Crippen molar-refractivity contribution in [3.05, 3.63) is 41.6 Å². The van der Waals surface area contributed by atoms with Crippen molar-refractivity contribution in [3.8, 4) is 5.75 Å². The van der Waals surface area contributed by atoms with E-state index in [1.165, 1.54) is 12.1 Å². The highest BCUT2D eigenvalue weighted by Gasteiger charge is 2.67. The Hall–Kier alpha value is -2.51. The van der Waals surface area contributed by atoms with Crippen LogP contribution in [-0.4, -0.2) is 46.0 Å². The van der Waals surface area contributed by atoms with Crippen molar-refractivity contribution in [1.29, 1.82) is 0 Å². The first-order valence-corrected chi connectivity index (χ1v) is 6.18. The van der Waals surface area contributed by atoms with E-state index in [4.69, 9.17) is 9.84 Å². The average molecular weight is 289 g/mol. The van der Waals surface area contributed by atoms with Gasteiger partial charge in [-0.2, -0.15) is 0 Å². The number of aromatic hydroxyl groups is 1. The standard InChI is InChI=1S/C14H11NO6/c16-6-14-10(18)5-8(11(19)12(14)21-14)15-13(20)7-3-1-2-4-9(7)17/h1-5,12,16-17H,6H2,(H,15,20)/t12-,14-/m1/s1. The summed E-state index contributed by atoms with van der Waals surface area (Å²) in [5, 5.41) is 21.0. The number of epoxide rings is 1. The highest BCUT2D eigenvalue weighted by molar-refractivity contribution is 6.19. The smallest absolute Gasteiger partial charge is 0.259 e. The number of para-hydroxylation sites is 1. The van der Waals surface area contributed by atoms with E-state index >= 15 is 0 Å². The third kappa shape index (κ3) is 1.94. The molecule has 3 rings (SSSR count). The summed E-state index contributed by atoms with van der Waals surface area (Å²) in [5.74, 6) is -2.09. The van der Waals surface area contributed by atoms with E-state index in [9.17, 15) is 19.5 Å². The first kappa shape index (κ1) is 13.5. The van der Waals surface area contributed by atoms with Crippen LogP contribution in [0.5, 0.6) is 5.75 Å².